The maximum absolute atomic E-state index is 15.3. The Kier molecular flexibility index (Phi) is 7.95. The lowest BCUT2D eigenvalue weighted by Gasteiger charge is -2.19. The van der Waals surface area contributed by atoms with Gasteiger partial charge in [0.2, 0.25) is 5.43 Å². The molecule has 230 valence electrons. The number of fused-ring (bicyclic) bond motifs is 2. The minimum Gasteiger partial charge on any atom is -0.488 e. The third kappa shape index (κ3) is 5.47. The Bertz CT molecular complexity index is 2070. The molecule has 0 bridgehead atoms. The lowest BCUT2D eigenvalue weighted by molar-refractivity contribution is 0.231. The zero-order chi connectivity index (χ0) is 32.0. The maximum atomic E-state index is 15.3. The van der Waals surface area contributed by atoms with Crippen molar-refractivity contribution in [1.82, 2.24) is 9.78 Å². The van der Waals surface area contributed by atoms with Crippen molar-refractivity contribution in [2.24, 2.45) is 4.99 Å². The highest BCUT2D eigenvalue weighted by molar-refractivity contribution is 6.07. The van der Waals surface area contributed by atoms with Crippen molar-refractivity contribution in [1.29, 1.82) is 0 Å². The van der Waals surface area contributed by atoms with Gasteiger partial charge in [0, 0.05) is 23.7 Å². The molecule has 0 radical (unpaired) electrons. The smallest absolute Gasteiger partial charge is 0.203 e. The molecule has 9 heteroatoms. The summed E-state index contributed by atoms with van der Waals surface area (Å²) in [7, 11) is 0. The number of rotatable bonds is 7. The summed E-state index contributed by atoms with van der Waals surface area (Å²) in [6.07, 6.45) is 2.67. The molecule has 0 aliphatic carbocycles. The van der Waals surface area contributed by atoms with Crippen molar-refractivity contribution in [2.75, 3.05) is 0 Å². The van der Waals surface area contributed by atoms with Gasteiger partial charge in [-0.1, -0.05) is 25.1 Å². The predicted molar refractivity (Wildman–Crippen MR) is 169 cm³/mol. The zero-order valence-electron chi connectivity index (χ0n) is 25.6. The van der Waals surface area contributed by atoms with E-state index < -0.39 is 28.9 Å². The molecule has 0 spiro atoms. The second-order valence-corrected chi connectivity index (χ2v) is 11.5. The summed E-state index contributed by atoms with van der Waals surface area (Å²) in [5.41, 5.74) is 4.07. The van der Waals surface area contributed by atoms with Crippen molar-refractivity contribution in [2.45, 2.75) is 59.6 Å². The van der Waals surface area contributed by atoms with Gasteiger partial charge in [0.1, 0.15) is 40.1 Å². The van der Waals surface area contributed by atoms with Crippen LogP contribution in [0, 0.1) is 17.5 Å². The molecule has 0 N–H and O–H groups in total. The number of ether oxygens (including phenoxy) is 1. The van der Waals surface area contributed by atoms with Crippen LogP contribution >= 0.6 is 0 Å². The van der Waals surface area contributed by atoms with Gasteiger partial charge in [-0.3, -0.25) is 14.5 Å². The van der Waals surface area contributed by atoms with Gasteiger partial charge in [0.25, 0.3) is 0 Å². The second kappa shape index (κ2) is 11.9. The summed E-state index contributed by atoms with van der Waals surface area (Å²) in [6.45, 7) is 9.42. The van der Waals surface area contributed by atoms with E-state index in [-0.39, 0.29) is 39.7 Å². The summed E-state index contributed by atoms with van der Waals surface area (Å²) in [5.74, 6) is -1.48. The average molecular weight is 612 g/mol. The summed E-state index contributed by atoms with van der Waals surface area (Å²) < 4.78 is 58.4. The molecule has 6 rings (SSSR count). The van der Waals surface area contributed by atoms with Crippen LogP contribution in [0.15, 0.2) is 86.6 Å². The highest BCUT2D eigenvalue weighted by Crippen LogP contribution is 2.38. The van der Waals surface area contributed by atoms with Crippen molar-refractivity contribution < 1.29 is 22.3 Å². The molecular formula is C36H32F3N3O3. The topological polar surface area (TPSA) is 69.6 Å². The normalized spacial score (nSPS) is 13.8. The monoisotopic (exact) mass is 611 g/mol. The lowest BCUT2D eigenvalue weighted by atomic mass is 9.97. The van der Waals surface area contributed by atoms with E-state index in [9.17, 15) is 13.6 Å². The number of nitrogens with zero attached hydrogens (tertiary/aromatic N) is 3. The molecule has 1 unspecified atom stereocenters. The summed E-state index contributed by atoms with van der Waals surface area (Å²) in [6, 6.07) is 13.8. The molecule has 2 aromatic heterocycles. The van der Waals surface area contributed by atoms with E-state index >= 15 is 4.39 Å². The van der Waals surface area contributed by atoms with E-state index in [1.807, 2.05) is 40.8 Å². The molecule has 1 atom stereocenters. The summed E-state index contributed by atoms with van der Waals surface area (Å²) >= 11 is 0. The Hall–Kier alpha value is -4.92. The van der Waals surface area contributed by atoms with E-state index in [0.717, 1.165) is 22.5 Å². The van der Waals surface area contributed by atoms with Gasteiger partial charge < -0.3 is 9.15 Å². The highest BCUT2D eigenvalue weighted by Gasteiger charge is 2.31. The molecular weight excluding hydrogens is 579 g/mol. The molecule has 6 nitrogen and oxygen atoms in total. The Morgan fingerprint density at radius 2 is 1.73 bits per heavy atom. The Morgan fingerprint density at radius 1 is 0.956 bits per heavy atom. The van der Waals surface area contributed by atoms with Crippen LogP contribution < -0.4 is 10.2 Å². The molecule has 1 aliphatic heterocycles. The minimum absolute atomic E-state index is 0.0388. The van der Waals surface area contributed by atoms with Crippen LogP contribution in [-0.4, -0.2) is 21.6 Å². The molecule has 0 saturated carbocycles. The van der Waals surface area contributed by atoms with Crippen LogP contribution in [0.1, 0.15) is 64.1 Å². The van der Waals surface area contributed by atoms with E-state index in [4.69, 9.17) is 19.2 Å². The maximum Gasteiger partial charge on any atom is 0.203 e. The standard InChI is InChI=1S/C36H32F3N3O3/c1-6-27-33-28(15-20(4)18-40-27)42(41-34(33)23-13-14-29(26(39)17-23)44-19(2)3)21(5)36-31(22-9-7-10-24(37)16-22)35(43)32-25(38)11-8-12-30(32)45-36/h7-14,16-19,21H,6,15H2,1-5H3. The van der Waals surface area contributed by atoms with Gasteiger partial charge in [-0.15, -0.1) is 0 Å². The quantitative estimate of drug-likeness (QED) is 0.184. The van der Waals surface area contributed by atoms with Gasteiger partial charge in [-0.05, 0) is 87.7 Å². The molecule has 45 heavy (non-hydrogen) atoms. The van der Waals surface area contributed by atoms with Gasteiger partial charge >= 0.3 is 0 Å². The van der Waals surface area contributed by atoms with Gasteiger partial charge in [0.15, 0.2) is 11.6 Å². The van der Waals surface area contributed by atoms with Crippen molar-refractivity contribution in [3.63, 3.8) is 0 Å². The predicted octanol–water partition coefficient (Wildman–Crippen LogP) is 8.80. The van der Waals surface area contributed by atoms with Gasteiger partial charge in [-0.25, -0.2) is 13.2 Å². The zero-order valence-corrected chi connectivity index (χ0v) is 25.6. The largest absolute Gasteiger partial charge is 0.488 e. The average Bonchev–Trinajstić information content (AvgIpc) is 3.27. The first-order valence-corrected chi connectivity index (χ1v) is 14.9. The first-order chi connectivity index (χ1) is 21.6. The molecule has 5 aromatic rings. The van der Waals surface area contributed by atoms with E-state index in [1.54, 1.807) is 22.9 Å². The van der Waals surface area contributed by atoms with Crippen LogP contribution in [0.5, 0.6) is 5.75 Å². The molecule has 0 saturated heterocycles. The van der Waals surface area contributed by atoms with Crippen molar-refractivity contribution >= 4 is 16.7 Å². The van der Waals surface area contributed by atoms with Crippen molar-refractivity contribution in [3.05, 3.63) is 117 Å². The fourth-order valence-corrected chi connectivity index (χ4v) is 5.83. The first-order valence-electron chi connectivity index (χ1n) is 14.9. The molecule has 3 aromatic carbocycles. The van der Waals surface area contributed by atoms with Gasteiger partial charge in [0.05, 0.1) is 23.1 Å². The van der Waals surface area contributed by atoms with Crippen LogP contribution in [0.3, 0.4) is 0 Å². The Morgan fingerprint density at radius 3 is 2.44 bits per heavy atom. The van der Waals surface area contributed by atoms with Gasteiger partial charge in [-0.2, -0.15) is 5.10 Å². The Labute approximate surface area is 258 Å². The first kappa shape index (κ1) is 30.1. The second-order valence-electron chi connectivity index (χ2n) is 11.5. The number of hydrogen-bond donors (Lipinski definition) is 0. The van der Waals surface area contributed by atoms with Crippen LogP contribution in [0.25, 0.3) is 33.4 Å². The number of aliphatic imine (C=N–C) groups is 1. The van der Waals surface area contributed by atoms with Crippen molar-refractivity contribution in [3.8, 4) is 28.1 Å². The Balaban J connectivity index is 1.62. The highest BCUT2D eigenvalue weighted by atomic mass is 19.1. The fourth-order valence-electron chi connectivity index (χ4n) is 5.83. The molecule has 0 fully saturated rings. The summed E-state index contributed by atoms with van der Waals surface area (Å²) in [5, 5.41) is 4.80. The van der Waals surface area contributed by atoms with E-state index in [2.05, 4.69) is 0 Å². The minimum atomic E-state index is -0.732. The van der Waals surface area contributed by atoms with Crippen LogP contribution in [0.4, 0.5) is 13.2 Å². The third-order valence-electron chi connectivity index (χ3n) is 7.84. The van der Waals surface area contributed by atoms with Crippen LogP contribution in [-0.2, 0) is 6.42 Å². The number of hydrogen-bond acceptors (Lipinski definition) is 5. The summed E-state index contributed by atoms with van der Waals surface area (Å²) in [4.78, 5) is 18.7. The SMILES string of the molecule is CCC1=NC=C(C)Cc2c1c(-c1ccc(OC(C)C)c(F)c1)nn2C(C)c1oc2cccc(F)c2c(=O)c1-c1cccc(F)c1. The lowest BCUT2D eigenvalue weighted by Crippen LogP contribution is -2.18. The number of benzene rings is 3. The number of aromatic nitrogens is 2. The molecule has 0 amide bonds. The van der Waals surface area contributed by atoms with E-state index in [0.29, 0.717) is 24.1 Å². The molecule has 1 aliphatic rings. The fraction of sp³-hybridized carbons (Fsp3) is 0.250. The van der Waals surface area contributed by atoms with E-state index in [1.165, 1.54) is 42.5 Å². The number of allylic oxidation sites excluding steroid dienone is 1. The third-order valence-corrected chi connectivity index (χ3v) is 7.84. The van der Waals surface area contributed by atoms with Crippen LogP contribution in [0.2, 0.25) is 0 Å². The number of halogens is 3. The molecule has 3 heterocycles.